The van der Waals surface area contributed by atoms with Crippen molar-refractivity contribution in [2.75, 3.05) is 26.2 Å². The summed E-state index contributed by atoms with van der Waals surface area (Å²) in [4.78, 5) is 2.49. The highest BCUT2D eigenvalue weighted by Crippen LogP contribution is 2.35. The van der Waals surface area contributed by atoms with Gasteiger partial charge in [0.15, 0.2) is 0 Å². The van der Waals surface area contributed by atoms with Gasteiger partial charge in [0, 0.05) is 10.1 Å². The maximum atomic E-state index is 6.04. The van der Waals surface area contributed by atoms with Crippen molar-refractivity contribution in [1.82, 2.24) is 4.90 Å². The first-order valence-corrected chi connectivity index (χ1v) is 12.3. The molecule has 1 saturated heterocycles. The summed E-state index contributed by atoms with van der Waals surface area (Å²) in [6.07, 6.45) is 3.62. The van der Waals surface area contributed by atoms with Gasteiger partial charge in [-0.25, -0.2) is 0 Å². The number of allylic oxidation sites excluding steroid dienone is 1. The highest BCUT2D eigenvalue weighted by Gasteiger charge is 2.14. The highest BCUT2D eigenvalue weighted by molar-refractivity contribution is 14.1. The van der Waals surface area contributed by atoms with Gasteiger partial charge in [-0.3, -0.25) is 4.90 Å². The van der Waals surface area contributed by atoms with Crippen molar-refractivity contribution >= 4 is 33.7 Å². The Hall–Kier alpha value is -2.11. The predicted octanol–water partition coefficient (Wildman–Crippen LogP) is 7.13. The van der Waals surface area contributed by atoms with Gasteiger partial charge in [-0.2, -0.15) is 0 Å². The minimum atomic E-state index is 0.753. The lowest BCUT2D eigenvalue weighted by Crippen LogP contribution is -2.25. The van der Waals surface area contributed by atoms with Crippen molar-refractivity contribution in [2.45, 2.75) is 26.2 Å². The van der Waals surface area contributed by atoms with E-state index in [4.69, 9.17) is 4.74 Å². The first-order valence-electron chi connectivity index (χ1n) is 11.2. The molecule has 0 amide bonds. The fourth-order valence-electron chi connectivity index (χ4n) is 4.31. The molecule has 4 rings (SSSR count). The van der Waals surface area contributed by atoms with Gasteiger partial charge in [-0.15, -0.1) is 0 Å². The molecule has 0 atom stereocenters. The average Bonchev–Trinajstić information content (AvgIpc) is 3.33. The van der Waals surface area contributed by atoms with E-state index in [0.717, 1.165) is 25.3 Å². The molecule has 0 unspecified atom stereocenters. The molecule has 1 aliphatic heterocycles. The Labute approximate surface area is 200 Å². The molecule has 1 fully saturated rings. The Morgan fingerprint density at radius 3 is 2.03 bits per heavy atom. The van der Waals surface area contributed by atoms with Gasteiger partial charge in [0.2, 0.25) is 0 Å². The van der Waals surface area contributed by atoms with E-state index in [-0.39, 0.29) is 0 Å². The summed E-state index contributed by atoms with van der Waals surface area (Å²) in [5.41, 5.74) is 6.43. The Morgan fingerprint density at radius 2 is 1.42 bits per heavy atom. The van der Waals surface area contributed by atoms with Crippen LogP contribution < -0.4 is 4.74 Å². The molecule has 3 aromatic rings. The molecule has 3 heteroatoms. The molecule has 3 aromatic carbocycles. The molecule has 0 spiro atoms. The molecule has 0 radical (unpaired) electrons. The zero-order valence-electron chi connectivity index (χ0n) is 18.2. The third kappa shape index (κ3) is 5.78. The molecular weight excluding hydrogens is 493 g/mol. The van der Waals surface area contributed by atoms with E-state index in [9.17, 15) is 0 Å². The van der Waals surface area contributed by atoms with Gasteiger partial charge in [0.1, 0.15) is 12.4 Å². The van der Waals surface area contributed by atoms with Gasteiger partial charge in [0.25, 0.3) is 0 Å². The van der Waals surface area contributed by atoms with Gasteiger partial charge in [-0.1, -0.05) is 61.5 Å². The molecular formula is C28H30INO. The van der Waals surface area contributed by atoms with E-state index < -0.39 is 0 Å². The third-order valence-corrected chi connectivity index (χ3v) is 6.65. The summed E-state index contributed by atoms with van der Waals surface area (Å²) in [5.74, 6) is 0.947. The maximum absolute atomic E-state index is 6.04. The molecule has 0 aromatic heterocycles. The standard InChI is InChI=1S/C28H30INO/c1-2-27(22-8-4-3-5-9-22)28(23-10-14-25(29)15-11-23)24-12-16-26(17-13-24)31-21-20-30-18-6-7-19-30/h3-5,8-17H,2,6-7,18-21H2,1H3/b28-27+. The molecule has 31 heavy (non-hydrogen) atoms. The Balaban J connectivity index is 1.62. The molecule has 1 heterocycles. The zero-order chi connectivity index (χ0) is 21.5. The lowest BCUT2D eigenvalue weighted by Gasteiger charge is -2.17. The maximum Gasteiger partial charge on any atom is 0.119 e. The molecule has 0 N–H and O–H groups in total. The topological polar surface area (TPSA) is 12.5 Å². The van der Waals surface area contributed by atoms with Crippen molar-refractivity contribution < 1.29 is 4.74 Å². The van der Waals surface area contributed by atoms with Crippen molar-refractivity contribution in [3.8, 4) is 5.75 Å². The smallest absolute Gasteiger partial charge is 0.119 e. The van der Waals surface area contributed by atoms with Crippen LogP contribution in [0.25, 0.3) is 11.1 Å². The molecule has 0 saturated carbocycles. The number of hydrogen-bond acceptors (Lipinski definition) is 2. The van der Waals surface area contributed by atoms with Crippen LogP contribution in [0, 0.1) is 3.57 Å². The SMILES string of the molecule is CC/C(=C(/c1ccc(I)cc1)c1ccc(OCCN2CCCC2)cc1)c1ccccc1. The summed E-state index contributed by atoms with van der Waals surface area (Å²) in [6, 6.07) is 28.2. The summed E-state index contributed by atoms with van der Waals surface area (Å²) < 4.78 is 7.29. The minimum Gasteiger partial charge on any atom is -0.492 e. The average molecular weight is 523 g/mol. The number of ether oxygens (including phenoxy) is 1. The largest absolute Gasteiger partial charge is 0.492 e. The minimum absolute atomic E-state index is 0.753. The molecule has 1 aliphatic rings. The fraction of sp³-hybridized carbons (Fsp3) is 0.286. The van der Waals surface area contributed by atoms with Gasteiger partial charge >= 0.3 is 0 Å². The van der Waals surface area contributed by atoms with E-state index >= 15 is 0 Å². The van der Waals surface area contributed by atoms with Crippen LogP contribution in [0.15, 0.2) is 78.9 Å². The second kappa shape index (κ2) is 11.0. The monoisotopic (exact) mass is 523 g/mol. The number of hydrogen-bond donors (Lipinski definition) is 0. The first-order chi connectivity index (χ1) is 15.2. The summed E-state index contributed by atoms with van der Waals surface area (Å²) >= 11 is 2.37. The Morgan fingerprint density at radius 1 is 0.806 bits per heavy atom. The van der Waals surface area contributed by atoms with Crippen LogP contribution in [0.4, 0.5) is 0 Å². The molecule has 2 nitrogen and oxygen atoms in total. The lowest BCUT2D eigenvalue weighted by molar-refractivity contribution is 0.238. The zero-order valence-corrected chi connectivity index (χ0v) is 20.3. The second-order valence-corrected chi connectivity index (χ2v) is 9.25. The fourth-order valence-corrected chi connectivity index (χ4v) is 4.67. The van der Waals surface area contributed by atoms with Crippen LogP contribution in [-0.2, 0) is 0 Å². The molecule has 160 valence electrons. The normalized spacial score (nSPS) is 15.0. The van der Waals surface area contributed by atoms with E-state index in [0.29, 0.717) is 0 Å². The molecule has 0 bridgehead atoms. The molecule has 0 aliphatic carbocycles. The van der Waals surface area contributed by atoms with Crippen LogP contribution in [0.2, 0.25) is 0 Å². The van der Waals surface area contributed by atoms with Crippen LogP contribution in [0.3, 0.4) is 0 Å². The quantitative estimate of drug-likeness (QED) is 0.230. The van der Waals surface area contributed by atoms with Gasteiger partial charge in [-0.05, 0) is 107 Å². The van der Waals surface area contributed by atoms with Crippen molar-refractivity contribution in [2.24, 2.45) is 0 Å². The van der Waals surface area contributed by atoms with Crippen molar-refractivity contribution in [3.63, 3.8) is 0 Å². The number of rotatable bonds is 8. The summed E-state index contributed by atoms with van der Waals surface area (Å²) in [6.45, 7) is 6.44. The Kier molecular flexibility index (Phi) is 7.81. The van der Waals surface area contributed by atoms with Crippen LogP contribution >= 0.6 is 22.6 Å². The van der Waals surface area contributed by atoms with Gasteiger partial charge in [0.05, 0.1) is 0 Å². The third-order valence-electron chi connectivity index (χ3n) is 5.93. The van der Waals surface area contributed by atoms with E-state index in [1.807, 2.05) is 0 Å². The number of nitrogens with zero attached hydrogens (tertiary/aromatic N) is 1. The second-order valence-electron chi connectivity index (χ2n) is 8.00. The summed E-state index contributed by atoms with van der Waals surface area (Å²) in [7, 11) is 0. The van der Waals surface area contributed by atoms with Crippen molar-refractivity contribution in [1.29, 1.82) is 0 Å². The van der Waals surface area contributed by atoms with E-state index in [1.54, 1.807) is 0 Å². The van der Waals surface area contributed by atoms with Crippen molar-refractivity contribution in [3.05, 3.63) is 99.1 Å². The highest BCUT2D eigenvalue weighted by atomic mass is 127. The number of benzene rings is 3. The van der Waals surface area contributed by atoms with E-state index in [1.165, 1.54) is 57.3 Å². The number of likely N-dealkylation sites (tertiary alicyclic amines) is 1. The van der Waals surface area contributed by atoms with Gasteiger partial charge < -0.3 is 4.74 Å². The first kappa shape index (κ1) is 22.1. The Bertz CT molecular complexity index is 987. The van der Waals surface area contributed by atoms with E-state index in [2.05, 4.69) is 113 Å². The van der Waals surface area contributed by atoms with Crippen LogP contribution in [0.1, 0.15) is 42.9 Å². The van der Waals surface area contributed by atoms with Crippen LogP contribution in [-0.4, -0.2) is 31.1 Å². The van der Waals surface area contributed by atoms with Crippen LogP contribution in [0.5, 0.6) is 5.75 Å². The summed E-state index contributed by atoms with van der Waals surface area (Å²) in [5, 5.41) is 0. The lowest BCUT2D eigenvalue weighted by atomic mass is 9.88. The predicted molar refractivity (Wildman–Crippen MR) is 139 cm³/mol. The number of halogens is 1.